The average Bonchev–Trinajstić information content (AvgIpc) is 2.27. The van der Waals surface area contributed by atoms with Crippen molar-refractivity contribution in [3.63, 3.8) is 0 Å². The zero-order valence-corrected chi connectivity index (χ0v) is 18.8. The fourth-order valence-electron chi connectivity index (χ4n) is 2.48. The first-order valence-corrected chi connectivity index (χ1v) is 12.4. The zero-order valence-electron chi connectivity index (χ0n) is 14.8. The fourth-order valence-corrected chi connectivity index (χ4v) is 15.5. The Balaban J connectivity index is 7.03. The molecule has 0 N–H and O–H groups in total. The Morgan fingerprint density at radius 1 is 0.667 bits per heavy atom. The summed E-state index contributed by atoms with van der Waals surface area (Å²) in [5, 5.41) is 0. The normalized spacial score (nSPS) is 16.2. The van der Waals surface area contributed by atoms with Gasteiger partial charge in [0.05, 0.1) is 0 Å². The van der Waals surface area contributed by atoms with E-state index < -0.39 is 12.9 Å². The summed E-state index contributed by atoms with van der Waals surface area (Å²) in [7, 11) is 17.3. The Morgan fingerprint density at radius 2 is 0.905 bits per heavy atom. The number of hydrogen-bond acceptors (Lipinski definition) is 5. The van der Waals surface area contributed by atoms with E-state index in [1.807, 2.05) is 79.8 Å². The molecule has 0 spiro atoms. The Labute approximate surface area is 145 Å². The predicted molar refractivity (Wildman–Crippen MR) is 105 cm³/mol. The number of halogens is 3. The van der Waals surface area contributed by atoms with Crippen LogP contribution in [0.3, 0.4) is 0 Å². The van der Waals surface area contributed by atoms with Crippen molar-refractivity contribution in [1.82, 2.24) is 23.4 Å². The maximum atomic E-state index is 7.06. The Bertz CT molecular complexity index is 395. The van der Waals surface area contributed by atoms with Gasteiger partial charge in [0.25, 0.3) is 0 Å². The summed E-state index contributed by atoms with van der Waals surface area (Å²) in [4.78, 5) is 0. The molecule has 5 nitrogen and oxygen atoms in total. The van der Waals surface area contributed by atoms with Crippen LogP contribution < -0.4 is 0 Å². The molecule has 0 atom stereocenters. The van der Waals surface area contributed by atoms with Crippen LogP contribution in [0.4, 0.5) is 0 Å². The van der Waals surface area contributed by atoms with E-state index >= 15 is 0 Å². The maximum absolute atomic E-state index is 7.06. The van der Waals surface area contributed by atoms with Gasteiger partial charge in [-0.2, -0.15) is 0 Å². The van der Waals surface area contributed by atoms with Crippen LogP contribution in [-0.2, 0) is 0 Å². The molecule has 0 fully saturated rings. The van der Waals surface area contributed by atoms with Gasteiger partial charge in [-0.05, 0) is 0 Å². The van der Waals surface area contributed by atoms with Crippen molar-refractivity contribution < 1.29 is 0 Å². The SMILES string of the molecule is CN(C)P(=C(Cl)P(Cl)(Cl)(N(C)C)N(C)C)(N(C)C)N(C)C. The van der Waals surface area contributed by atoms with Crippen LogP contribution in [0.25, 0.3) is 0 Å². The van der Waals surface area contributed by atoms with E-state index in [9.17, 15) is 0 Å². The Kier molecular flexibility index (Phi) is 7.58. The first-order chi connectivity index (χ1) is 9.17. The molecule has 0 radical (unpaired) electrons. The van der Waals surface area contributed by atoms with Crippen molar-refractivity contribution in [1.29, 1.82) is 0 Å². The third-order valence-electron chi connectivity index (χ3n) is 3.59. The molecule has 0 rings (SSSR count). The average molecular weight is 401 g/mol. The number of nitrogens with zero attached hydrogens (tertiary/aromatic N) is 5. The molecule has 0 saturated heterocycles. The van der Waals surface area contributed by atoms with E-state index in [-0.39, 0.29) is 0 Å². The summed E-state index contributed by atoms with van der Waals surface area (Å²) in [6, 6.07) is 0. The molecule has 0 aromatic heterocycles. The van der Waals surface area contributed by atoms with Crippen molar-refractivity contribution >= 4 is 51.5 Å². The second-order valence-corrected chi connectivity index (χ2v) is 19.2. The topological polar surface area (TPSA) is 16.2 Å². The molecule has 21 heavy (non-hydrogen) atoms. The van der Waals surface area contributed by atoms with E-state index in [2.05, 4.69) is 14.0 Å². The molecule has 130 valence electrons. The minimum atomic E-state index is -3.61. The van der Waals surface area contributed by atoms with Crippen LogP contribution in [-0.4, -0.2) is 98.3 Å². The molecule has 0 amide bonds. The first kappa shape index (κ1) is 22.4. The van der Waals surface area contributed by atoms with Crippen molar-refractivity contribution in [3.8, 4) is 0 Å². The van der Waals surface area contributed by atoms with E-state index in [0.29, 0.717) is 4.49 Å². The molecule has 0 aliphatic rings. The minimum absolute atomic E-state index is 0.590. The van der Waals surface area contributed by atoms with Gasteiger partial charge in [0.1, 0.15) is 0 Å². The monoisotopic (exact) mass is 399 g/mol. The van der Waals surface area contributed by atoms with Crippen LogP contribution >= 0.6 is 47.0 Å². The third-order valence-corrected chi connectivity index (χ3v) is 20.2. The van der Waals surface area contributed by atoms with E-state index in [0.717, 1.165) is 0 Å². The molecule has 0 aliphatic heterocycles. The van der Waals surface area contributed by atoms with Crippen LogP contribution in [0.1, 0.15) is 0 Å². The van der Waals surface area contributed by atoms with Gasteiger partial charge in [-0.15, -0.1) is 0 Å². The summed E-state index contributed by atoms with van der Waals surface area (Å²) in [6.45, 7) is 0. The standard InChI is InChI=1S/C11H30Cl3N5P2/c1-15(2)20(16(3)4,17(5)6)11(12)21(13,14,18(7)8)19(9)10/h1-10H3. The molecule has 0 bridgehead atoms. The molecular weight excluding hydrogens is 370 g/mol. The number of hydrogen-bond donors (Lipinski definition) is 0. The second-order valence-electron chi connectivity index (χ2n) is 5.90. The van der Waals surface area contributed by atoms with Crippen molar-refractivity contribution in [2.45, 2.75) is 0 Å². The molecule has 0 aliphatic carbocycles. The third kappa shape index (κ3) is 3.30. The molecule has 0 saturated carbocycles. The van der Waals surface area contributed by atoms with Gasteiger partial charge in [-0.1, -0.05) is 0 Å². The predicted octanol–water partition coefficient (Wildman–Crippen LogP) is 3.57. The van der Waals surface area contributed by atoms with Gasteiger partial charge in [-0.25, -0.2) is 0 Å². The van der Waals surface area contributed by atoms with Crippen LogP contribution in [0.5, 0.6) is 0 Å². The van der Waals surface area contributed by atoms with Crippen molar-refractivity contribution in [2.24, 2.45) is 0 Å². The summed E-state index contributed by atoms with van der Waals surface area (Å²) in [5.41, 5.74) is -3.61. The summed E-state index contributed by atoms with van der Waals surface area (Å²) in [6.07, 6.45) is 0. The molecular formula is C11H30Cl3N5P2. The van der Waals surface area contributed by atoms with E-state index in [4.69, 9.17) is 34.1 Å². The summed E-state index contributed by atoms with van der Waals surface area (Å²) >= 11 is 21.1. The van der Waals surface area contributed by atoms with E-state index in [1.165, 1.54) is 0 Å². The van der Waals surface area contributed by atoms with Gasteiger partial charge in [0.2, 0.25) is 0 Å². The van der Waals surface area contributed by atoms with Gasteiger partial charge in [-0.3, -0.25) is 0 Å². The number of rotatable bonds is 6. The second kappa shape index (κ2) is 7.11. The van der Waals surface area contributed by atoms with Gasteiger partial charge in [0.15, 0.2) is 0 Å². The Hall–Kier alpha value is 1.40. The van der Waals surface area contributed by atoms with Crippen LogP contribution in [0.2, 0.25) is 0 Å². The van der Waals surface area contributed by atoms with Gasteiger partial charge < -0.3 is 0 Å². The Morgan fingerprint density at radius 3 is 1.05 bits per heavy atom. The summed E-state index contributed by atoms with van der Waals surface area (Å²) in [5.74, 6) is 0. The van der Waals surface area contributed by atoms with Gasteiger partial charge in [0, 0.05) is 0 Å². The summed E-state index contributed by atoms with van der Waals surface area (Å²) < 4.78 is 10.6. The first-order valence-electron chi connectivity index (χ1n) is 6.45. The van der Waals surface area contributed by atoms with Crippen molar-refractivity contribution in [2.75, 3.05) is 70.5 Å². The molecule has 0 unspecified atom stereocenters. The molecule has 0 heterocycles. The molecule has 0 aromatic carbocycles. The van der Waals surface area contributed by atoms with Crippen LogP contribution in [0.15, 0.2) is 0 Å². The van der Waals surface area contributed by atoms with E-state index in [1.54, 1.807) is 0 Å². The molecule has 0 aromatic rings. The van der Waals surface area contributed by atoms with Crippen LogP contribution in [0, 0.1) is 0 Å². The quantitative estimate of drug-likeness (QED) is 0.632. The van der Waals surface area contributed by atoms with Gasteiger partial charge >= 0.3 is 145 Å². The zero-order chi connectivity index (χ0) is 17.4. The molecule has 10 heteroatoms. The van der Waals surface area contributed by atoms with Crippen molar-refractivity contribution in [3.05, 3.63) is 0 Å². The fraction of sp³-hybridized carbons (Fsp3) is 0.909.